The van der Waals surface area contributed by atoms with E-state index >= 15 is 0 Å². The van der Waals surface area contributed by atoms with E-state index < -0.39 is 0 Å². The Morgan fingerprint density at radius 2 is 1.75 bits per heavy atom. The number of nitrogens with zero attached hydrogens (tertiary/aromatic N) is 2. The van der Waals surface area contributed by atoms with Crippen LogP contribution in [0.1, 0.15) is 36.0 Å². The maximum atomic E-state index is 5.70. The van der Waals surface area contributed by atoms with Crippen LogP contribution >= 0.6 is 0 Å². The highest BCUT2D eigenvalue weighted by atomic mass is 16.6. The van der Waals surface area contributed by atoms with Crippen molar-refractivity contribution in [3.63, 3.8) is 0 Å². The summed E-state index contributed by atoms with van der Waals surface area (Å²) in [5, 5.41) is 4.51. The van der Waals surface area contributed by atoms with Crippen molar-refractivity contribution in [1.82, 2.24) is 4.90 Å². The predicted molar refractivity (Wildman–Crippen MR) is 115 cm³/mol. The Balaban J connectivity index is 1.49. The van der Waals surface area contributed by atoms with E-state index in [0.29, 0.717) is 6.61 Å². The molecule has 1 aliphatic heterocycles. The van der Waals surface area contributed by atoms with E-state index in [1.54, 1.807) is 0 Å². The second kappa shape index (κ2) is 11.6. The Morgan fingerprint density at radius 3 is 2.50 bits per heavy atom. The highest BCUT2D eigenvalue weighted by Crippen LogP contribution is 2.12. The first-order valence-corrected chi connectivity index (χ1v) is 10.4. The Labute approximate surface area is 169 Å². The molecule has 0 bridgehead atoms. The summed E-state index contributed by atoms with van der Waals surface area (Å²) in [5.74, 6) is 0. The highest BCUT2D eigenvalue weighted by Gasteiger charge is 2.09. The van der Waals surface area contributed by atoms with Crippen LogP contribution in [-0.4, -0.2) is 50.1 Å². The quantitative estimate of drug-likeness (QED) is 0.347. The number of rotatable bonds is 10. The van der Waals surface area contributed by atoms with Gasteiger partial charge in [0.15, 0.2) is 0 Å². The van der Waals surface area contributed by atoms with Gasteiger partial charge in [0.25, 0.3) is 0 Å². The van der Waals surface area contributed by atoms with Crippen molar-refractivity contribution in [3.8, 4) is 0 Å². The van der Waals surface area contributed by atoms with Crippen LogP contribution in [0.5, 0.6) is 0 Å². The largest absolute Gasteiger partial charge is 0.396 e. The van der Waals surface area contributed by atoms with Gasteiger partial charge in [-0.1, -0.05) is 65.3 Å². The average Bonchev–Trinajstić information content (AvgIpc) is 2.74. The molecule has 0 radical (unpaired) electrons. The molecular weight excluding hydrogens is 348 g/mol. The first-order chi connectivity index (χ1) is 13.8. The first-order valence-electron chi connectivity index (χ1n) is 10.4. The minimum atomic E-state index is 0.658. The van der Waals surface area contributed by atoms with Crippen LogP contribution in [0.2, 0.25) is 0 Å². The lowest BCUT2D eigenvalue weighted by atomic mass is 10.0. The van der Waals surface area contributed by atoms with Gasteiger partial charge in [-0.2, -0.15) is 0 Å². The van der Waals surface area contributed by atoms with Gasteiger partial charge >= 0.3 is 0 Å². The lowest BCUT2D eigenvalue weighted by Gasteiger charge is -2.26. The fourth-order valence-electron chi connectivity index (χ4n) is 3.39. The summed E-state index contributed by atoms with van der Waals surface area (Å²) in [5.41, 5.74) is 4.84. The van der Waals surface area contributed by atoms with Gasteiger partial charge in [-0.15, -0.1) is 0 Å². The summed E-state index contributed by atoms with van der Waals surface area (Å²) >= 11 is 0. The molecule has 0 aromatic heterocycles. The lowest BCUT2D eigenvalue weighted by molar-refractivity contribution is 0.0322. The molecule has 0 unspecified atom stereocenters. The molecule has 0 saturated carbocycles. The molecule has 2 aromatic carbocycles. The van der Waals surface area contributed by atoms with E-state index in [4.69, 9.17) is 9.57 Å². The van der Waals surface area contributed by atoms with Gasteiger partial charge in [-0.25, -0.2) is 0 Å². The number of morpholine rings is 1. The van der Waals surface area contributed by atoms with E-state index in [0.717, 1.165) is 69.8 Å². The van der Waals surface area contributed by atoms with E-state index in [-0.39, 0.29) is 0 Å². The van der Waals surface area contributed by atoms with Crippen LogP contribution in [0.15, 0.2) is 59.8 Å². The first kappa shape index (κ1) is 20.6. The standard InChI is InChI=1S/C24H32N2O2/c1-21-11-13-23(14-12-21)24(10-5-9-22-7-3-2-4-8-22)25-28-18-6-15-26-16-19-27-20-17-26/h2-4,7-8,11-14H,5-6,9-10,15-20H2,1H3. The van der Waals surface area contributed by atoms with Crippen molar-refractivity contribution >= 4 is 5.71 Å². The second-order valence-corrected chi connectivity index (χ2v) is 7.38. The molecule has 1 aliphatic rings. The van der Waals surface area contributed by atoms with Gasteiger partial charge in [-0.05, 0) is 43.7 Å². The molecule has 150 valence electrons. The molecular formula is C24H32N2O2. The molecule has 1 fully saturated rings. The maximum absolute atomic E-state index is 5.70. The lowest BCUT2D eigenvalue weighted by Crippen LogP contribution is -2.37. The Hall–Kier alpha value is -2.17. The number of oxime groups is 1. The Kier molecular flexibility index (Phi) is 8.54. The van der Waals surface area contributed by atoms with Crippen LogP contribution in [0.3, 0.4) is 0 Å². The molecule has 0 aliphatic carbocycles. The Bertz CT molecular complexity index is 707. The zero-order valence-corrected chi connectivity index (χ0v) is 17.0. The fourth-order valence-corrected chi connectivity index (χ4v) is 3.39. The van der Waals surface area contributed by atoms with Crippen LogP contribution in [0, 0.1) is 6.92 Å². The molecule has 3 rings (SSSR count). The summed E-state index contributed by atoms with van der Waals surface area (Å²) in [6, 6.07) is 19.2. The van der Waals surface area contributed by atoms with Gasteiger partial charge in [0.1, 0.15) is 6.61 Å². The van der Waals surface area contributed by atoms with Crippen molar-refractivity contribution in [2.45, 2.75) is 32.6 Å². The summed E-state index contributed by atoms with van der Waals surface area (Å²) < 4.78 is 5.39. The molecule has 1 heterocycles. The van der Waals surface area contributed by atoms with Gasteiger partial charge in [0.2, 0.25) is 0 Å². The zero-order chi connectivity index (χ0) is 19.4. The molecule has 28 heavy (non-hydrogen) atoms. The van der Waals surface area contributed by atoms with E-state index in [1.807, 2.05) is 0 Å². The number of aryl methyl sites for hydroxylation is 2. The van der Waals surface area contributed by atoms with Crippen molar-refractivity contribution in [2.24, 2.45) is 5.16 Å². The van der Waals surface area contributed by atoms with Crippen LogP contribution in [-0.2, 0) is 16.0 Å². The van der Waals surface area contributed by atoms with Crippen LogP contribution < -0.4 is 0 Å². The normalized spacial score (nSPS) is 15.5. The van der Waals surface area contributed by atoms with Crippen LogP contribution in [0.25, 0.3) is 0 Å². The van der Waals surface area contributed by atoms with E-state index in [2.05, 4.69) is 71.6 Å². The van der Waals surface area contributed by atoms with Crippen molar-refractivity contribution in [2.75, 3.05) is 39.5 Å². The van der Waals surface area contributed by atoms with Crippen molar-refractivity contribution < 1.29 is 9.57 Å². The third-order valence-electron chi connectivity index (χ3n) is 5.10. The third kappa shape index (κ3) is 7.10. The number of benzene rings is 2. The zero-order valence-electron chi connectivity index (χ0n) is 17.0. The monoisotopic (exact) mass is 380 g/mol. The molecule has 0 N–H and O–H groups in total. The minimum Gasteiger partial charge on any atom is -0.396 e. The van der Waals surface area contributed by atoms with Gasteiger partial charge in [-0.3, -0.25) is 4.90 Å². The molecule has 0 amide bonds. The topological polar surface area (TPSA) is 34.1 Å². The molecule has 0 spiro atoms. The van der Waals surface area contributed by atoms with E-state index in [1.165, 1.54) is 11.1 Å². The summed E-state index contributed by atoms with van der Waals surface area (Å²) in [6.45, 7) is 7.56. The molecule has 4 heteroatoms. The van der Waals surface area contributed by atoms with E-state index in [9.17, 15) is 0 Å². The smallest absolute Gasteiger partial charge is 0.118 e. The second-order valence-electron chi connectivity index (χ2n) is 7.38. The minimum absolute atomic E-state index is 0.658. The van der Waals surface area contributed by atoms with Gasteiger partial charge in [0.05, 0.1) is 18.9 Å². The molecule has 4 nitrogen and oxygen atoms in total. The van der Waals surface area contributed by atoms with Crippen molar-refractivity contribution in [3.05, 3.63) is 71.3 Å². The Morgan fingerprint density at radius 1 is 1.00 bits per heavy atom. The fraction of sp³-hybridized carbons (Fsp3) is 0.458. The number of hydrogen-bond acceptors (Lipinski definition) is 4. The molecule has 0 atom stereocenters. The average molecular weight is 381 g/mol. The highest BCUT2D eigenvalue weighted by molar-refractivity contribution is 6.00. The number of hydrogen-bond donors (Lipinski definition) is 0. The summed E-state index contributed by atoms with van der Waals surface area (Å²) in [4.78, 5) is 8.13. The predicted octanol–water partition coefficient (Wildman–Crippen LogP) is 4.46. The summed E-state index contributed by atoms with van der Waals surface area (Å²) in [6.07, 6.45) is 4.03. The SMILES string of the molecule is Cc1ccc(C(CCCc2ccccc2)=NOCCCN2CCOCC2)cc1. The third-order valence-corrected chi connectivity index (χ3v) is 5.10. The summed E-state index contributed by atoms with van der Waals surface area (Å²) in [7, 11) is 0. The van der Waals surface area contributed by atoms with Gasteiger partial charge in [0, 0.05) is 19.6 Å². The molecule has 2 aromatic rings. The number of ether oxygens (including phenoxy) is 1. The maximum Gasteiger partial charge on any atom is 0.118 e. The van der Waals surface area contributed by atoms with Crippen molar-refractivity contribution in [1.29, 1.82) is 0 Å². The van der Waals surface area contributed by atoms with Crippen LogP contribution in [0.4, 0.5) is 0 Å². The van der Waals surface area contributed by atoms with Gasteiger partial charge < -0.3 is 9.57 Å². The molecule has 1 saturated heterocycles.